The van der Waals surface area contributed by atoms with Crippen LogP contribution in [0, 0.1) is 0 Å². The Balaban J connectivity index is 1.87. The Morgan fingerprint density at radius 1 is 1.09 bits per heavy atom. The SMILES string of the molecule is NCC(Cc1cccc(C(F)(F)F)c1)c1nc2ccccc2[nH]1. The number of nitrogens with two attached hydrogens (primary N) is 1. The van der Waals surface area contributed by atoms with Crippen molar-refractivity contribution in [2.24, 2.45) is 5.73 Å². The van der Waals surface area contributed by atoms with Crippen LogP contribution < -0.4 is 5.73 Å². The molecule has 0 aliphatic carbocycles. The predicted molar refractivity (Wildman–Crippen MR) is 83.0 cm³/mol. The van der Waals surface area contributed by atoms with Gasteiger partial charge in [0, 0.05) is 12.5 Å². The summed E-state index contributed by atoms with van der Waals surface area (Å²) in [5.41, 5.74) is 7.48. The molecule has 0 aliphatic rings. The maximum absolute atomic E-state index is 12.8. The van der Waals surface area contributed by atoms with E-state index in [0.29, 0.717) is 24.4 Å². The van der Waals surface area contributed by atoms with Gasteiger partial charge in [-0.15, -0.1) is 0 Å². The van der Waals surface area contributed by atoms with Gasteiger partial charge in [-0.2, -0.15) is 13.2 Å². The molecule has 120 valence electrons. The lowest BCUT2D eigenvalue weighted by atomic mass is 9.97. The Kier molecular flexibility index (Phi) is 4.09. The number of hydrogen-bond acceptors (Lipinski definition) is 2. The second-order valence-corrected chi connectivity index (χ2v) is 5.47. The number of H-pyrrole nitrogens is 1. The Morgan fingerprint density at radius 3 is 2.57 bits per heavy atom. The van der Waals surface area contributed by atoms with Crippen LogP contribution in [0.2, 0.25) is 0 Å². The third kappa shape index (κ3) is 3.37. The van der Waals surface area contributed by atoms with Crippen molar-refractivity contribution in [3.63, 3.8) is 0 Å². The van der Waals surface area contributed by atoms with Crippen LogP contribution in [-0.4, -0.2) is 16.5 Å². The van der Waals surface area contributed by atoms with E-state index in [1.165, 1.54) is 12.1 Å². The van der Waals surface area contributed by atoms with Crippen molar-refractivity contribution >= 4 is 11.0 Å². The third-order valence-electron chi connectivity index (χ3n) is 3.82. The van der Waals surface area contributed by atoms with Gasteiger partial charge < -0.3 is 10.7 Å². The fourth-order valence-electron chi connectivity index (χ4n) is 2.62. The second-order valence-electron chi connectivity index (χ2n) is 5.47. The minimum absolute atomic E-state index is 0.161. The number of halogens is 3. The molecule has 1 aromatic heterocycles. The van der Waals surface area contributed by atoms with Crippen molar-refractivity contribution < 1.29 is 13.2 Å². The highest BCUT2D eigenvalue weighted by molar-refractivity contribution is 5.74. The molecular weight excluding hydrogens is 303 g/mol. The molecular formula is C17H16F3N3. The minimum Gasteiger partial charge on any atom is -0.342 e. The summed E-state index contributed by atoms with van der Waals surface area (Å²) in [7, 11) is 0. The molecule has 0 spiro atoms. The van der Waals surface area contributed by atoms with E-state index in [9.17, 15) is 13.2 Å². The summed E-state index contributed by atoms with van der Waals surface area (Å²) in [6, 6.07) is 12.9. The first-order valence-corrected chi connectivity index (χ1v) is 7.28. The lowest BCUT2D eigenvalue weighted by Gasteiger charge is -2.14. The monoisotopic (exact) mass is 319 g/mol. The molecule has 0 saturated carbocycles. The minimum atomic E-state index is -4.34. The van der Waals surface area contributed by atoms with E-state index >= 15 is 0 Å². The van der Waals surface area contributed by atoms with Crippen molar-refractivity contribution in [2.75, 3.05) is 6.54 Å². The van der Waals surface area contributed by atoms with Crippen molar-refractivity contribution in [1.29, 1.82) is 0 Å². The summed E-state index contributed by atoms with van der Waals surface area (Å²) in [5, 5.41) is 0. The highest BCUT2D eigenvalue weighted by Crippen LogP contribution is 2.30. The summed E-state index contributed by atoms with van der Waals surface area (Å²) >= 11 is 0. The van der Waals surface area contributed by atoms with Gasteiger partial charge in [-0.25, -0.2) is 4.98 Å². The number of imidazole rings is 1. The fraction of sp³-hybridized carbons (Fsp3) is 0.235. The zero-order chi connectivity index (χ0) is 16.4. The summed E-state index contributed by atoms with van der Waals surface area (Å²) in [6.07, 6.45) is -3.94. The van der Waals surface area contributed by atoms with Crippen molar-refractivity contribution in [3.05, 3.63) is 65.5 Å². The first-order valence-electron chi connectivity index (χ1n) is 7.28. The number of para-hydroxylation sites is 2. The van der Waals surface area contributed by atoms with E-state index in [4.69, 9.17) is 5.73 Å². The Bertz CT molecular complexity index is 775. The number of nitrogens with zero attached hydrogens (tertiary/aromatic N) is 1. The molecule has 1 atom stereocenters. The molecule has 6 heteroatoms. The normalized spacial score (nSPS) is 13.4. The Labute approximate surface area is 131 Å². The molecule has 3 N–H and O–H groups in total. The van der Waals surface area contributed by atoms with Gasteiger partial charge in [-0.1, -0.05) is 30.3 Å². The van der Waals surface area contributed by atoms with E-state index < -0.39 is 11.7 Å². The van der Waals surface area contributed by atoms with Gasteiger partial charge >= 0.3 is 6.18 Å². The summed E-state index contributed by atoms with van der Waals surface area (Å²) < 4.78 is 38.4. The van der Waals surface area contributed by atoms with Gasteiger partial charge in [0.25, 0.3) is 0 Å². The van der Waals surface area contributed by atoms with Crippen LogP contribution in [0.4, 0.5) is 13.2 Å². The number of fused-ring (bicyclic) bond motifs is 1. The van der Waals surface area contributed by atoms with E-state index in [0.717, 1.165) is 17.1 Å². The van der Waals surface area contributed by atoms with Crippen LogP contribution in [0.25, 0.3) is 11.0 Å². The van der Waals surface area contributed by atoms with Crippen LogP contribution in [0.5, 0.6) is 0 Å². The topological polar surface area (TPSA) is 54.7 Å². The number of aromatic nitrogens is 2. The van der Waals surface area contributed by atoms with Crippen molar-refractivity contribution in [2.45, 2.75) is 18.5 Å². The molecule has 0 amide bonds. The van der Waals surface area contributed by atoms with Crippen molar-refractivity contribution in [3.8, 4) is 0 Å². The number of rotatable bonds is 4. The maximum atomic E-state index is 12.8. The molecule has 3 nitrogen and oxygen atoms in total. The van der Waals surface area contributed by atoms with Crippen LogP contribution >= 0.6 is 0 Å². The molecule has 0 radical (unpaired) electrons. The molecule has 0 saturated heterocycles. The Hall–Kier alpha value is -2.34. The summed E-state index contributed by atoms with van der Waals surface area (Å²) in [5.74, 6) is 0.539. The highest BCUT2D eigenvalue weighted by Gasteiger charge is 2.30. The standard InChI is InChI=1S/C17H16F3N3/c18-17(19,20)13-5-3-4-11(9-13)8-12(10-21)16-22-14-6-1-2-7-15(14)23-16/h1-7,9,12H,8,10,21H2,(H,22,23). The Morgan fingerprint density at radius 2 is 1.87 bits per heavy atom. The number of aromatic amines is 1. The third-order valence-corrected chi connectivity index (χ3v) is 3.82. The first-order chi connectivity index (χ1) is 11.0. The van der Waals surface area contributed by atoms with Crippen LogP contribution in [0.3, 0.4) is 0 Å². The van der Waals surface area contributed by atoms with E-state index in [1.54, 1.807) is 6.07 Å². The zero-order valence-corrected chi connectivity index (χ0v) is 12.3. The quantitative estimate of drug-likeness (QED) is 0.767. The van der Waals surface area contributed by atoms with Gasteiger partial charge in [0.1, 0.15) is 5.82 Å². The zero-order valence-electron chi connectivity index (χ0n) is 12.3. The molecule has 1 unspecified atom stereocenters. The van der Waals surface area contributed by atoms with Gasteiger partial charge in [0.15, 0.2) is 0 Å². The predicted octanol–water partition coefficient (Wildman–Crippen LogP) is 3.87. The molecule has 1 heterocycles. The average Bonchev–Trinajstić information content (AvgIpc) is 2.96. The molecule has 2 aromatic carbocycles. The lowest BCUT2D eigenvalue weighted by Crippen LogP contribution is -2.17. The maximum Gasteiger partial charge on any atom is 0.416 e. The fourth-order valence-corrected chi connectivity index (χ4v) is 2.62. The van der Waals surface area contributed by atoms with Crippen LogP contribution in [-0.2, 0) is 12.6 Å². The molecule has 3 rings (SSSR count). The van der Waals surface area contributed by atoms with Gasteiger partial charge in [-0.05, 0) is 30.2 Å². The number of benzene rings is 2. The molecule has 23 heavy (non-hydrogen) atoms. The number of alkyl halides is 3. The molecule has 3 aromatic rings. The van der Waals surface area contributed by atoms with Crippen LogP contribution in [0.1, 0.15) is 22.9 Å². The average molecular weight is 319 g/mol. The van der Waals surface area contributed by atoms with Crippen LogP contribution in [0.15, 0.2) is 48.5 Å². The van der Waals surface area contributed by atoms with E-state index in [-0.39, 0.29) is 5.92 Å². The van der Waals surface area contributed by atoms with Gasteiger partial charge in [-0.3, -0.25) is 0 Å². The number of hydrogen-bond donors (Lipinski definition) is 2. The first kappa shape index (κ1) is 15.6. The molecule has 0 aliphatic heterocycles. The van der Waals surface area contributed by atoms with Gasteiger partial charge in [0.05, 0.1) is 16.6 Å². The van der Waals surface area contributed by atoms with E-state index in [1.807, 2.05) is 24.3 Å². The second kappa shape index (κ2) is 6.04. The smallest absolute Gasteiger partial charge is 0.342 e. The van der Waals surface area contributed by atoms with Crippen molar-refractivity contribution in [1.82, 2.24) is 9.97 Å². The highest BCUT2D eigenvalue weighted by atomic mass is 19.4. The lowest BCUT2D eigenvalue weighted by molar-refractivity contribution is -0.137. The summed E-state index contributed by atoms with van der Waals surface area (Å²) in [6.45, 7) is 0.302. The van der Waals surface area contributed by atoms with Gasteiger partial charge in [0.2, 0.25) is 0 Å². The molecule has 0 fully saturated rings. The summed E-state index contributed by atoms with van der Waals surface area (Å²) in [4.78, 5) is 7.69. The number of nitrogens with one attached hydrogen (secondary N) is 1. The largest absolute Gasteiger partial charge is 0.416 e. The van der Waals surface area contributed by atoms with E-state index in [2.05, 4.69) is 9.97 Å². The molecule has 0 bridgehead atoms.